The lowest BCUT2D eigenvalue weighted by atomic mass is 10.0. The molecular weight excluding hydrogens is 489 g/mol. The number of alkyl halides is 3. The van der Waals surface area contributed by atoms with Crippen molar-refractivity contribution in [3.63, 3.8) is 0 Å². The third-order valence-corrected chi connectivity index (χ3v) is 6.36. The van der Waals surface area contributed by atoms with Crippen LogP contribution in [0.1, 0.15) is 20.3 Å². The molecule has 2 N–H and O–H groups in total. The van der Waals surface area contributed by atoms with Crippen LogP contribution in [0.5, 0.6) is 5.88 Å². The molecule has 1 saturated heterocycles. The second-order valence-electron chi connectivity index (χ2n) is 9.94. The van der Waals surface area contributed by atoms with Crippen LogP contribution < -0.4 is 10.1 Å². The highest BCUT2D eigenvalue weighted by molar-refractivity contribution is 5.89. The maximum atomic E-state index is 15.0. The maximum Gasteiger partial charge on any atom is 0.258 e. The lowest BCUT2D eigenvalue weighted by Gasteiger charge is -2.37. The second-order valence-corrected chi connectivity index (χ2v) is 9.94. The Kier molecular flexibility index (Phi) is 6.67. The summed E-state index contributed by atoms with van der Waals surface area (Å²) < 4.78 is 49.2. The van der Waals surface area contributed by atoms with Gasteiger partial charge in [0.1, 0.15) is 23.7 Å². The molecule has 10 nitrogen and oxygen atoms in total. The van der Waals surface area contributed by atoms with Crippen LogP contribution in [0, 0.1) is 0 Å². The van der Waals surface area contributed by atoms with Crippen LogP contribution in [-0.2, 0) is 6.54 Å². The van der Waals surface area contributed by atoms with Gasteiger partial charge in [0.05, 0.1) is 24.3 Å². The minimum atomic E-state index is -2.55. The number of hydrogen-bond acceptors (Lipinski definition) is 8. The molecule has 4 heterocycles. The summed E-state index contributed by atoms with van der Waals surface area (Å²) in [4.78, 5) is 6.39. The highest BCUT2D eigenvalue weighted by atomic mass is 19.3. The Morgan fingerprint density at radius 1 is 1.27 bits per heavy atom. The number of benzene rings is 1. The van der Waals surface area contributed by atoms with Crippen LogP contribution >= 0.6 is 0 Å². The molecule has 3 aromatic heterocycles. The number of anilines is 1. The number of ether oxygens (including phenoxy) is 1. The standard InChI is InChI=1S/C24H29F3N8O2/c1-24(2,36)13-33-8-7-17(16(25)11-33)28-23-29-22(37-3)21-15(6-9-34(21)31-23)14-4-5-18-19(10-14)35(32-30-18)12-20(26)27/h4-6,9-10,16-17,20,36H,7-8,11-13H2,1-3H3,(H,28,31)/t16-,17+/m1/s1. The summed E-state index contributed by atoms with van der Waals surface area (Å²) in [6, 6.07) is 6.62. The Hall–Kier alpha value is -3.45. The molecule has 0 saturated carbocycles. The normalized spacial score (nSPS) is 19.2. The molecule has 0 bridgehead atoms. The molecule has 1 aliphatic rings. The van der Waals surface area contributed by atoms with Crippen molar-refractivity contribution in [2.45, 2.75) is 51.1 Å². The van der Waals surface area contributed by atoms with Crippen molar-refractivity contribution in [1.29, 1.82) is 0 Å². The fourth-order valence-corrected chi connectivity index (χ4v) is 4.81. The molecule has 0 unspecified atom stereocenters. The van der Waals surface area contributed by atoms with Gasteiger partial charge >= 0.3 is 0 Å². The number of likely N-dealkylation sites (tertiary alicyclic amines) is 1. The van der Waals surface area contributed by atoms with Crippen molar-refractivity contribution in [3.05, 3.63) is 30.5 Å². The molecular formula is C24H29F3N8O2. The molecule has 0 amide bonds. The van der Waals surface area contributed by atoms with Crippen LogP contribution in [0.25, 0.3) is 27.7 Å². The number of fused-ring (bicyclic) bond motifs is 2. The number of nitrogens with zero attached hydrogens (tertiary/aromatic N) is 7. The van der Waals surface area contributed by atoms with Gasteiger partial charge in [-0.15, -0.1) is 10.2 Å². The monoisotopic (exact) mass is 518 g/mol. The van der Waals surface area contributed by atoms with Crippen LogP contribution in [-0.4, -0.2) is 90.6 Å². The highest BCUT2D eigenvalue weighted by Crippen LogP contribution is 2.33. The number of hydrogen-bond donors (Lipinski definition) is 2. The number of piperidine rings is 1. The summed E-state index contributed by atoms with van der Waals surface area (Å²) in [5, 5.41) is 25.4. The van der Waals surface area contributed by atoms with Gasteiger partial charge in [-0.05, 0) is 44.0 Å². The zero-order chi connectivity index (χ0) is 26.3. The number of methoxy groups -OCH3 is 1. The van der Waals surface area contributed by atoms with Crippen molar-refractivity contribution >= 4 is 22.5 Å². The highest BCUT2D eigenvalue weighted by Gasteiger charge is 2.32. The third kappa shape index (κ3) is 5.32. The van der Waals surface area contributed by atoms with E-state index in [1.54, 1.807) is 36.7 Å². The van der Waals surface area contributed by atoms with E-state index in [1.165, 1.54) is 11.8 Å². The summed E-state index contributed by atoms with van der Waals surface area (Å²) in [7, 11) is 1.49. The van der Waals surface area contributed by atoms with Crippen LogP contribution in [0.4, 0.5) is 19.1 Å². The van der Waals surface area contributed by atoms with E-state index in [0.29, 0.717) is 36.1 Å². The molecule has 4 aromatic rings. The van der Waals surface area contributed by atoms with Crippen molar-refractivity contribution in [2.24, 2.45) is 0 Å². The minimum Gasteiger partial charge on any atom is -0.479 e. The molecule has 1 aromatic carbocycles. The molecule has 2 atom stereocenters. The largest absolute Gasteiger partial charge is 0.479 e. The lowest BCUT2D eigenvalue weighted by Crippen LogP contribution is -2.51. The smallest absolute Gasteiger partial charge is 0.258 e. The number of aliphatic hydroxyl groups is 1. The van der Waals surface area contributed by atoms with Crippen LogP contribution in [0.15, 0.2) is 30.5 Å². The van der Waals surface area contributed by atoms with E-state index in [2.05, 4.69) is 25.7 Å². The molecule has 0 radical (unpaired) electrons. The van der Waals surface area contributed by atoms with E-state index in [9.17, 15) is 18.3 Å². The summed E-state index contributed by atoms with van der Waals surface area (Å²) in [6.07, 6.45) is -1.46. The number of aromatic nitrogens is 6. The first-order valence-corrected chi connectivity index (χ1v) is 12.0. The first-order chi connectivity index (χ1) is 17.6. The summed E-state index contributed by atoms with van der Waals surface area (Å²) in [5.41, 5.74) is 2.16. The Balaban J connectivity index is 1.41. The number of halogens is 3. The Morgan fingerprint density at radius 2 is 2.08 bits per heavy atom. The van der Waals surface area contributed by atoms with E-state index >= 15 is 0 Å². The number of nitrogens with one attached hydrogen (secondary N) is 1. The van der Waals surface area contributed by atoms with Crippen molar-refractivity contribution in [2.75, 3.05) is 32.1 Å². The third-order valence-electron chi connectivity index (χ3n) is 6.36. The van der Waals surface area contributed by atoms with E-state index < -0.39 is 30.8 Å². The molecule has 0 aliphatic carbocycles. The van der Waals surface area contributed by atoms with E-state index in [1.807, 2.05) is 17.0 Å². The Morgan fingerprint density at radius 3 is 2.78 bits per heavy atom. The van der Waals surface area contributed by atoms with Crippen molar-refractivity contribution < 1.29 is 23.0 Å². The molecule has 5 rings (SSSR count). The molecule has 0 spiro atoms. The fourth-order valence-electron chi connectivity index (χ4n) is 4.81. The predicted octanol–water partition coefficient (Wildman–Crippen LogP) is 3.01. The van der Waals surface area contributed by atoms with Crippen LogP contribution in [0.2, 0.25) is 0 Å². The Bertz CT molecular complexity index is 1400. The van der Waals surface area contributed by atoms with Gasteiger partial charge < -0.3 is 15.2 Å². The van der Waals surface area contributed by atoms with Crippen molar-refractivity contribution in [1.82, 2.24) is 34.5 Å². The maximum absolute atomic E-state index is 15.0. The zero-order valence-corrected chi connectivity index (χ0v) is 20.8. The molecule has 13 heteroatoms. The van der Waals surface area contributed by atoms with E-state index in [0.717, 1.165) is 11.1 Å². The topological polar surface area (TPSA) is 106 Å². The van der Waals surface area contributed by atoms with E-state index in [4.69, 9.17) is 4.74 Å². The van der Waals surface area contributed by atoms with Gasteiger partial charge in [0.2, 0.25) is 11.8 Å². The quantitative estimate of drug-likeness (QED) is 0.367. The van der Waals surface area contributed by atoms with Gasteiger partial charge in [-0.1, -0.05) is 11.3 Å². The fraction of sp³-hybridized carbons (Fsp3) is 0.500. The lowest BCUT2D eigenvalue weighted by molar-refractivity contribution is 0.0147. The molecule has 198 valence electrons. The van der Waals surface area contributed by atoms with E-state index in [-0.39, 0.29) is 18.4 Å². The van der Waals surface area contributed by atoms with Gasteiger partial charge in [0, 0.05) is 31.4 Å². The summed E-state index contributed by atoms with van der Waals surface area (Å²) in [5.74, 6) is 0.511. The van der Waals surface area contributed by atoms with Gasteiger partial charge in [-0.3, -0.25) is 4.90 Å². The second kappa shape index (κ2) is 9.78. The minimum absolute atomic E-state index is 0.203. The van der Waals surface area contributed by atoms with Crippen molar-refractivity contribution in [3.8, 4) is 17.0 Å². The number of β-amino-alcohol motifs (C(OH)–C–C–N with tert-alkyl or cyclic N) is 1. The summed E-state index contributed by atoms with van der Waals surface area (Å²) >= 11 is 0. The van der Waals surface area contributed by atoms with Crippen LogP contribution in [0.3, 0.4) is 0 Å². The average molecular weight is 519 g/mol. The molecule has 1 aliphatic heterocycles. The first-order valence-electron chi connectivity index (χ1n) is 12.0. The van der Waals surface area contributed by atoms with Gasteiger partial charge in [0.25, 0.3) is 6.43 Å². The predicted molar refractivity (Wildman–Crippen MR) is 132 cm³/mol. The molecule has 37 heavy (non-hydrogen) atoms. The van der Waals surface area contributed by atoms with Gasteiger partial charge in [0.15, 0.2) is 0 Å². The van der Waals surface area contributed by atoms with Gasteiger partial charge in [-0.25, -0.2) is 22.4 Å². The SMILES string of the molecule is COc1nc(N[C@H]2CCN(CC(C)(C)O)C[C@H]2F)nn2ccc(-c3ccc4nnn(CC(F)F)c4c3)c12. The number of rotatable bonds is 8. The zero-order valence-electron chi connectivity index (χ0n) is 20.8. The summed E-state index contributed by atoms with van der Waals surface area (Å²) in [6.45, 7) is 4.09. The molecule has 1 fully saturated rings. The van der Waals surface area contributed by atoms with Gasteiger partial charge in [-0.2, -0.15) is 4.98 Å². The average Bonchev–Trinajstić information content (AvgIpc) is 3.43. The first kappa shape index (κ1) is 25.2. The Labute approximate surface area is 211 Å².